The molecule has 6 heteroatoms. The second-order valence-electron chi connectivity index (χ2n) is 11.0. The molecule has 2 fully saturated rings. The highest BCUT2D eigenvalue weighted by Crippen LogP contribution is 2.45. The third-order valence-electron chi connectivity index (χ3n) is 8.30. The van der Waals surface area contributed by atoms with Gasteiger partial charge in [0.15, 0.2) is 0 Å². The molecule has 0 spiro atoms. The van der Waals surface area contributed by atoms with Gasteiger partial charge in [-0.25, -0.2) is 0 Å². The molecule has 0 bridgehead atoms. The zero-order valence-corrected chi connectivity index (χ0v) is 22.5. The Kier molecular flexibility index (Phi) is 9.63. The van der Waals surface area contributed by atoms with Crippen molar-refractivity contribution in [1.82, 2.24) is 4.90 Å². The highest BCUT2D eigenvalue weighted by molar-refractivity contribution is 5.79. The number of nitrogens with zero attached hydrogens (tertiary/aromatic N) is 1. The Morgan fingerprint density at radius 2 is 1.81 bits per heavy atom. The number of aliphatic hydroxyl groups is 1. The zero-order chi connectivity index (χ0) is 26.3. The second kappa shape index (κ2) is 12.9. The Labute approximate surface area is 222 Å². The van der Waals surface area contributed by atoms with E-state index < -0.39 is 5.60 Å². The van der Waals surface area contributed by atoms with Gasteiger partial charge in [0, 0.05) is 50.2 Å². The van der Waals surface area contributed by atoms with Gasteiger partial charge in [-0.1, -0.05) is 42.8 Å². The number of piperidine rings is 1. The van der Waals surface area contributed by atoms with E-state index in [-0.39, 0.29) is 23.8 Å². The van der Waals surface area contributed by atoms with Crippen molar-refractivity contribution in [2.75, 3.05) is 26.8 Å². The first-order chi connectivity index (χ1) is 17.9. The van der Waals surface area contributed by atoms with Crippen molar-refractivity contribution in [2.24, 2.45) is 17.6 Å². The van der Waals surface area contributed by atoms with Crippen LogP contribution in [0.1, 0.15) is 68.9 Å². The largest absolute Gasteiger partial charge is 0.457 e. The number of likely N-dealkylation sites (tertiary alicyclic amines) is 1. The number of carbonyl (C=O) groups is 1. The fraction of sp³-hybridized carbons (Fsp3) is 0.581. The van der Waals surface area contributed by atoms with Crippen LogP contribution in [-0.4, -0.2) is 48.8 Å². The predicted molar refractivity (Wildman–Crippen MR) is 147 cm³/mol. The Hall–Kier alpha value is -2.41. The summed E-state index contributed by atoms with van der Waals surface area (Å²) < 4.78 is 11.7. The van der Waals surface area contributed by atoms with Crippen LogP contribution in [0.3, 0.4) is 0 Å². The topological polar surface area (TPSA) is 85.0 Å². The molecule has 1 heterocycles. The van der Waals surface area contributed by atoms with E-state index in [1.165, 1.54) is 0 Å². The molecule has 1 saturated carbocycles. The average molecular weight is 509 g/mol. The first-order valence-corrected chi connectivity index (χ1v) is 14.0. The first-order valence-electron chi connectivity index (χ1n) is 14.0. The summed E-state index contributed by atoms with van der Waals surface area (Å²) in [6.45, 7) is 4.00. The summed E-state index contributed by atoms with van der Waals surface area (Å²) in [7, 11) is 1.71. The van der Waals surface area contributed by atoms with Crippen LogP contribution in [0.25, 0.3) is 0 Å². The summed E-state index contributed by atoms with van der Waals surface area (Å²) in [5.41, 5.74) is 6.93. The molecule has 2 aromatic rings. The third kappa shape index (κ3) is 6.73. The van der Waals surface area contributed by atoms with Gasteiger partial charge < -0.3 is 25.2 Å². The molecule has 202 valence electrons. The predicted octanol–water partition coefficient (Wildman–Crippen LogP) is 5.55. The summed E-state index contributed by atoms with van der Waals surface area (Å²) in [5.74, 6) is 1.60. The van der Waals surface area contributed by atoms with Crippen LogP contribution in [0, 0.1) is 18.8 Å². The van der Waals surface area contributed by atoms with E-state index in [1.807, 2.05) is 60.4 Å². The maximum Gasteiger partial charge on any atom is 0.225 e. The van der Waals surface area contributed by atoms with Crippen LogP contribution < -0.4 is 10.5 Å². The Morgan fingerprint density at radius 1 is 1.05 bits per heavy atom. The lowest BCUT2D eigenvalue weighted by Gasteiger charge is -2.44. The van der Waals surface area contributed by atoms with Gasteiger partial charge in [-0.15, -0.1) is 0 Å². The number of methoxy groups -OCH3 is 1. The molecule has 37 heavy (non-hydrogen) atoms. The average Bonchev–Trinajstić information content (AvgIpc) is 2.92. The van der Waals surface area contributed by atoms with Gasteiger partial charge in [0.2, 0.25) is 5.91 Å². The van der Waals surface area contributed by atoms with Crippen LogP contribution in [-0.2, 0) is 15.1 Å². The van der Waals surface area contributed by atoms with Gasteiger partial charge in [-0.05, 0) is 76.0 Å². The standard InChI is InChI=1S/C31H44N2O4/c1-23-11-3-5-16-28(23)37-29-17-6-4-15-27(29)31(35,18-7-8-20-36-2)25-13-10-19-33(22-25)30(34)24-12-9-14-26(32)21-24/h3-6,11,15-17,24-26,35H,7-10,12-14,18-22,32H2,1-2H3/t24-,25-,26+,31+/m1/s1. The molecule has 0 aromatic heterocycles. The summed E-state index contributed by atoms with van der Waals surface area (Å²) in [4.78, 5) is 15.5. The van der Waals surface area contributed by atoms with E-state index >= 15 is 0 Å². The summed E-state index contributed by atoms with van der Waals surface area (Å²) in [6.07, 6.45) is 7.75. The minimum Gasteiger partial charge on any atom is -0.457 e. The minimum absolute atomic E-state index is 0.00831. The van der Waals surface area contributed by atoms with Crippen LogP contribution >= 0.6 is 0 Å². The number of hydrogen-bond donors (Lipinski definition) is 2. The Morgan fingerprint density at radius 3 is 2.57 bits per heavy atom. The Bertz CT molecular complexity index is 1030. The highest BCUT2D eigenvalue weighted by atomic mass is 16.5. The van der Waals surface area contributed by atoms with Crippen molar-refractivity contribution in [1.29, 1.82) is 0 Å². The number of para-hydroxylation sites is 2. The number of hydrogen-bond acceptors (Lipinski definition) is 5. The quantitative estimate of drug-likeness (QED) is 0.411. The molecule has 4 rings (SSSR count). The summed E-state index contributed by atoms with van der Waals surface area (Å²) in [6, 6.07) is 15.9. The number of aryl methyl sites for hydroxylation is 1. The number of nitrogens with two attached hydrogens (primary N) is 1. The van der Waals surface area contributed by atoms with Gasteiger partial charge in [-0.2, -0.15) is 0 Å². The molecule has 1 saturated heterocycles. The van der Waals surface area contributed by atoms with Gasteiger partial charge in [-0.3, -0.25) is 4.79 Å². The molecule has 2 aromatic carbocycles. The van der Waals surface area contributed by atoms with E-state index in [2.05, 4.69) is 0 Å². The molecule has 0 radical (unpaired) electrons. The van der Waals surface area contributed by atoms with E-state index in [1.54, 1.807) is 7.11 Å². The number of rotatable bonds is 10. The van der Waals surface area contributed by atoms with Crippen LogP contribution in [0.2, 0.25) is 0 Å². The third-order valence-corrected chi connectivity index (χ3v) is 8.30. The molecule has 1 aliphatic carbocycles. The van der Waals surface area contributed by atoms with Crippen molar-refractivity contribution in [3.05, 3.63) is 59.7 Å². The SMILES string of the molecule is COCCCC[C@@](O)(c1ccccc1Oc1ccccc1C)[C@@H]1CCCN(C(=O)[C@@H]2CCC[C@H](N)C2)C1. The molecule has 2 aliphatic rings. The number of unbranched alkanes of at least 4 members (excludes halogenated alkanes) is 1. The molecule has 1 aliphatic heterocycles. The van der Waals surface area contributed by atoms with Crippen LogP contribution in [0.5, 0.6) is 11.5 Å². The van der Waals surface area contributed by atoms with Gasteiger partial charge >= 0.3 is 0 Å². The number of amides is 1. The molecular weight excluding hydrogens is 464 g/mol. The lowest BCUT2D eigenvalue weighted by atomic mass is 9.73. The van der Waals surface area contributed by atoms with Crippen molar-refractivity contribution in [3.8, 4) is 11.5 Å². The van der Waals surface area contributed by atoms with Crippen molar-refractivity contribution in [2.45, 2.75) is 76.4 Å². The molecule has 3 N–H and O–H groups in total. The number of carbonyl (C=O) groups excluding carboxylic acids is 1. The Balaban J connectivity index is 1.61. The van der Waals surface area contributed by atoms with E-state index in [9.17, 15) is 9.90 Å². The fourth-order valence-corrected chi connectivity index (χ4v) is 6.18. The molecule has 0 unspecified atom stereocenters. The smallest absolute Gasteiger partial charge is 0.225 e. The molecule has 1 amide bonds. The maximum atomic E-state index is 13.5. The summed E-state index contributed by atoms with van der Waals surface area (Å²) >= 11 is 0. The highest BCUT2D eigenvalue weighted by Gasteiger charge is 2.43. The van der Waals surface area contributed by atoms with Crippen molar-refractivity contribution < 1.29 is 19.4 Å². The monoisotopic (exact) mass is 508 g/mol. The lowest BCUT2D eigenvalue weighted by Crippen LogP contribution is -2.50. The number of benzene rings is 2. The van der Waals surface area contributed by atoms with Gasteiger partial charge in [0.25, 0.3) is 0 Å². The van der Waals surface area contributed by atoms with Gasteiger partial charge in [0.05, 0.1) is 5.60 Å². The van der Waals surface area contributed by atoms with Crippen molar-refractivity contribution in [3.63, 3.8) is 0 Å². The van der Waals surface area contributed by atoms with E-state index in [0.717, 1.165) is 74.8 Å². The van der Waals surface area contributed by atoms with E-state index in [4.69, 9.17) is 15.2 Å². The molecular formula is C31H44N2O4. The van der Waals surface area contributed by atoms with Gasteiger partial charge in [0.1, 0.15) is 11.5 Å². The second-order valence-corrected chi connectivity index (χ2v) is 11.0. The first kappa shape index (κ1) is 27.6. The maximum absolute atomic E-state index is 13.5. The van der Waals surface area contributed by atoms with E-state index in [0.29, 0.717) is 25.3 Å². The molecule has 4 atom stereocenters. The molecule has 6 nitrogen and oxygen atoms in total. The van der Waals surface area contributed by atoms with Crippen molar-refractivity contribution >= 4 is 5.91 Å². The normalized spacial score (nSPS) is 23.9. The fourth-order valence-electron chi connectivity index (χ4n) is 6.18. The minimum atomic E-state index is -1.12. The number of ether oxygens (including phenoxy) is 2. The zero-order valence-electron chi connectivity index (χ0n) is 22.5. The van der Waals surface area contributed by atoms with Crippen LogP contribution in [0.4, 0.5) is 0 Å². The lowest BCUT2D eigenvalue weighted by molar-refractivity contribution is -0.142. The summed E-state index contributed by atoms with van der Waals surface area (Å²) in [5, 5.41) is 12.5. The van der Waals surface area contributed by atoms with Crippen LogP contribution in [0.15, 0.2) is 48.5 Å².